The lowest BCUT2D eigenvalue weighted by molar-refractivity contribution is 0.370. The van der Waals surface area contributed by atoms with Crippen molar-refractivity contribution in [3.63, 3.8) is 0 Å². The predicted molar refractivity (Wildman–Crippen MR) is 125 cm³/mol. The Morgan fingerprint density at radius 1 is 1.12 bits per heavy atom. The summed E-state index contributed by atoms with van der Waals surface area (Å²) in [5.74, 6) is 1.52. The molecular formula is C22H27FN8S. The number of nitrogens with zero attached hydrogens (tertiary/aromatic N) is 8. The van der Waals surface area contributed by atoms with Crippen LogP contribution < -0.4 is 0 Å². The molecule has 1 aliphatic heterocycles. The van der Waals surface area contributed by atoms with Gasteiger partial charge >= 0.3 is 0 Å². The minimum absolute atomic E-state index is 0. The number of hydrogen-bond acceptors (Lipinski definition) is 6. The Balaban J connectivity index is 0.00000245. The van der Waals surface area contributed by atoms with Gasteiger partial charge in [-0.15, -0.1) is 0 Å². The summed E-state index contributed by atoms with van der Waals surface area (Å²) in [7, 11) is 2.16. The quantitative estimate of drug-likeness (QED) is 0.461. The first-order valence-corrected chi connectivity index (χ1v) is 10.5. The molecule has 0 aromatic carbocycles. The van der Waals surface area contributed by atoms with Crippen molar-refractivity contribution >= 4 is 24.7 Å². The molecule has 4 aromatic rings. The van der Waals surface area contributed by atoms with Gasteiger partial charge in [-0.2, -0.15) is 18.6 Å². The fourth-order valence-electron chi connectivity index (χ4n) is 4.39. The van der Waals surface area contributed by atoms with Crippen LogP contribution in [0.5, 0.6) is 0 Å². The number of aryl methyl sites for hydroxylation is 2. The summed E-state index contributed by atoms with van der Waals surface area (Å²) >= 11 is 0. The lowest BCUT2D eigenvalue weighted by Crippen LogP contribution is -2.17. The molecule has 0 radical (unpaired) electrons. The number of imidazole rings is 1. The zero-order valence-electron chi connectivity index (χ0n) is 18.5. The Morgan fingerprint density at radius 3 is 2.72 bits per heavy atom. The summed E-state index contributed by atoms with van der Waals surface area (Å²) < 4.78 is 17.9. The second-order valence-electron chi connectivity index (χ2n) is 8.43. The fraction of sp³-hybridized carbons (Fsp3) is 0.409. The average Bonchev–Trinajstić information content (AvgIpc) is 3.43. The normalized spacial score (nSPS) is 16.6. The average molecular weight is 455 g/mol. The van der Waals surface area contributed by atoms with Crippen molar-refractivity contribution in [2.24, 2.45) is 5.92 Å². The van der Waals surface area contributed by atoms with Crippen LogP contribution >= 0.6 is 13.5 Å². The monoisotopic (exact) mass is 454 g/mol. The Bertz CT molecular complexity index is 1250. The van der Waals surface area contributed by atoms with Gasteiger partial charge in [-0.25, -0.2) is 19.3 Å². The summed E-state index contributed by atoms with van der Waals surface area (Å²) in [5.41, 5.74) is 3.90. The SMILES string of the molecule is Cc1nc(C)c2nc(-c3cncc(F)c3)n(Cc3cnn(CC4CCN(C)C4)c3)c2n1.S. The molecule has 1 unspecified atom stereocenters. The van der Waals surface area contributed by atoms with Crippen molar-refractivity contribution < 1.29 is 4.39 Å². The van der Waals surface area contributed by atoms with Crippen molar-refractivity contribution in [1.29, 1.82) is 0 Å². The Morgan fingerprint density at radius 2 is 1.97 bits per heavy atom. The van der Waals surface area contributed by atoms with Gasteiger partial charge in [0.05, 0.1) is 24.6 Å². The maximum Gasteiger partial charge on any atom is 0.164 e. The maximum absolute atomic E-state index is 13.9. The highest BCUT2D eigenvalue weighted by Crippen LogP contribution is 2.26. The van der Waals surface area contributed by atoms with Crippen LogP contribution in [0.3, 0.4) is 0 Å². The van der Waals surface area contributed by atoms with Gasteiger partial charge in [0.1, 0.15) is 23.0 Å². The van der Waals surface area contributed by atoms with Crippen LogP contribution in [0.1, 0.15) is 23.5 Å². The molecule has 0 bridgehead atoms. The molecule has 0 N–H and O–H groups in total. The van der Waals surface area contributed by atoms with Crippen LogP contribution in [0.15, 0.2) is 30.9 Å². The first-order chi connectivity index (χ1) is 15.0. The summed E-state index contributed by atoms with van der Waals surface area (Å²) in [6, 6.07) is 1.44. The number of aromatic nitrogens is 7. The molecule has 1 saturated heterocycles. The van der Waals surface area contributed by atoms with E-state index in [1.807, 2.05) is 29.3 Å². The van der Waals surface area contributed by atoms with E-state index in [0.717, 1.165) is 36.5 Å². The smallest absolute Gasteiger partial charge is 0.164 e. The molecule has 5 rings (SSSR count). The molecule has 1 aliphatic rings. The summed E-state index contributed by atoms with van der Waals surface area (Å²) in [5, 5.41) is 4.58. The number of pyridine rings is 1. The number of rotatable bonds is 5. The largest absolute Gasteiger partial charge is 0.306 e. The molecule has 1 atom stereocenters. The van der Waals surface area contributed by atoms with Gasteiger partial charge in [0.25, 0.3) is 0 Å². The van der Waals surface area contributed by atoms with E-state index in [4.69, 9.17) is 4.98 Å². The lowest BCUT2D eigenvalue weighted by atomic mass is 10.1. The van der Waals surface area contributed by atoms with Crippen molar-refractivity contribution in [2.45, 2.75) is 33.4 Å². The standard InChI is InChI=1S/C22H25FN8.H2S/c1-14-20-22(27-15(2)26-14)31(21(28-20)18-6-19(23)9-24-8-18)13-17-7-25-30(12-17)11-16-4-5-29(3)10-16;/h6-9,12,16H,4-5,10-11,13H2,1-3H3;1H2. The van der Waals surface area contributed by atoms with Crippen LogP contribution in [-0.4, -0.2) is 59.3 Å². The zero-order chi connectivity index (χ0) is 21.5. The van der Waals surface area contributed by atoms with Gasteiger partial charge in [-0.3, -0.25) is 9.67 Å². The first-order valence-electron chi connectivity index (χ1n) is 10.5. The fourth-order valence-corrected chi connectivity index (χ4v) is 4.39. The minimum atomic E-state index is -0.399. The molecule has 0 aliphatic carbocycles. The van der Waals surface area contributed by atoms with Gasteiger partial charge < -0.3 is 9.47 Å². The van der Waals surface area contributed by atoms with E-state index in [1.165, 1.54) is 18.7 Å². The van der Waals surface area contributed by atoms with Gasteiger partial charge in [0, 0.05) is 36.6 Å². The predicted octanol–water partition coefficient (Wildman–Crippen LogP) is 2.95. The number of halogens is 1. The molecular weight excluding hydrogens is 427 g/mol. The third kappa shape index (κ3) is 4.37. The van der Waals surface area contributed by atoms with Crippen LogP contribution in [-0.2, 0) is 13.1 Å². The highest BCUT2D eigenvalue weighted by molar-refractivity contribution is 7.59. The molecule has 0 saturated carbocycles. The Kier molecular flexibility index (Phi) is 6.25. The molecule has 32 heavy (non-hydrogen) atoms. The van der Waals surface area contributed by atoms with Crippen LogP contribution in [0.4, 0.5) is 4.39 Å². The van der Waals surface area contributed by atoms with Crippen molar-refractivity contribution in [3.8, 4) is 11.4 Å². The molecule has 5 heterocycles. The molecule has 0 spiro atoms. The van der Waals surface area contributed by atoms with Gasteiger partial charge in [0.15, 0.2) is 5.65 Å². The van der Waals surface area contributed by atoms with E-state index in [0.29, 0.717) is 35.2 Å². The van der Waals surface area contributed by atoms with Gasteiger partial charge in [-0.05, 0) is 45.8 Å². The number of fused-ring (bicyclic) bond motifs is 1. The van der Waals surface area contributed by atoms with Crippen molar-refractivity contribution in [1.82, 2.24) is 39.2 Å². The highest BCUT2D eigenvalue weighted by Gasteiger charge is 2.21. The van der Waals surface area contributed by atoms with Crippen molar-refractivity contribution in [3.05, 3.63) is 53.8 Å². The second-order valence-corrected chi connectivity index (χ2v) is 8.43. The number of hydrogen-bond donors (Lipinski definition) is 0. The molecule has 10 heteroatoms. The molecule has 1 fully saturated rings. The van der Waals surface area contributed by atoms with Crippen molar-refractivity contribution in [2.75, 3.05) is 20.1 Å². The van der Waals surface area contributed by atoms with Crippen LogP contribution in [0, 0.1) is 25.6 Å². The van der Waals surface area contributed by atoms with E-state index in [2.05, 4.69) is 38.2 Å². The lowest BCUT2D eigenvalue weighted by Gasteiger charge is -2.10. The van der Waals surface area contributed by atoms with Gasteiger partial charge in [-0.1, -0.05) is 0 Å². The van der Waals surface area contributed by atoms with Crippen LogP contribution in [0.25, 0.3) is 22.6 Å². The maximum atomic E-state index is 13.9. The molecule has 0 amide bonds. The number of likely N-dealkylation sites (tertiary alicyclic amines) is 1. The van der Waals surface area contributed by atoms with E-state index < -0.39 is 5.82 Å². The third-order valence-electron chi connectivity index (χ3n) is 5.81. The Labute approximate surface area is 193 Å². The first kappa shape index (κ1) is 22.3. The Hall–Kier alpha value is -2.85. The van der Waals surface area contributed by atoms with Crippen LogP contribution in [0.2, 0.25) is 0 Å². The summed E-state index contributed by atoms with van der Waals surface area (Å²) in [6.45, 7) is 7.47. The molecule has 4 aromatic heterocycles. The molecule has 8 nitrogen and oxygen atoms in total. The van der Waals surface area contributed by atoms with Gasteiger partial charge in [0.2, 0.25) is 0 Å². The van der Waals surface area contributed by atoms with E-state index in [-0.39, 0.29) is 13.5 Å². The topological polar surface area (TPSA) is 77.5 Å². The van der Waals surface area contributed by atoms with E-state index >= 15 is 0 Å². The second kappa shape index (κ2) is 8.95. The third-order valence-corrected chi connectivity index (χ3v) is 5.81. The minimum Gasteiger partial charge on any atom is -0.306 e. The summed E-state index contributed by atoms with van der Waals surface area (Å²) in [6.07, 6.45) is 7.98. The van der Waals surface area contributed by atoms with E-state index in [1.54, 1.807) is 6.20 Å². The summed E-state index contributed by atoms with van der Waals surface area (Å²) in [4.78, 5) is 20.2. The highest BCUT2D eigenvalue weighted by atomic mass is 32.1. The zero-order valence-corrected chi connectivity index (χ0v) is 19.5. The molecule has 168 valence electrons. The van der Waals surface area contributed by atoms with E-state index in [9.17, 15) is 4.39 Å².